The molecule has 1 aromatic rings. The van der Waals surface area contributed by atoms with Crippen LogP contribution in [0.3, 0.4) is 0 Å². The summed E-state index contributed by atoms with van der Waals surface area (Å²) < 4.78 is 0. The zero-order valence-electron chi connectivity index (χ0n) is 8.58. The van der Waals surface area contributed by atoms with Gasteiger partial charge in [-0.15, -0.1) is 11.3 Å². The maximum atomic E-state index is 5.75. The topological polar surface area (TPSA) is 38.9 Å². The second-order valence-corrected chi connectivity index (χ2v) is 5.52. The second-order valence-electron chi connectivity index (χ2n) is 4.60. The molecule has 0 aliphatic heterocycles. The third-order valence-corrected chi connectivity index (χ3v) is 2.94. The molecule has 13 heavy (non-hydrogen) atoms. The highest BCUT2D eigenvalue weighted by Crippen LogP contribution is 2.31. The Labute approximate surface area is 84.2 Å². The van der Waals surface area contributed by atoms with Gasteiger partial charge in [-0.05, 0) is 11.8 Å². The molecular weight excluding hydrogens is 180 g/mol. The molecule has 1 atom stereocenters. The Morgan fingerprint density at radius 3 is 2.62 bits per heavy atom. The lowest BCUT2D eigenvalue weighted by atomic mass is 9.84. The van der Waals surface area contributed by atoms with E-state index in [9.17, 15) is 0 Å². The molecule has 3 heteroatoms. The first-order valence-electron chi connectivity index (χ1n) is 4.61. The molecule has 0 bridgehead atoms. The Balaban J connectivity index is 2.64. The van der Waals surface area contributed by atoms with E-state index in [4.69, 9.17) is 5.73 Å². The summed E-state index contributed by atoms with van der Waals surface area (Å²) in [7, 11) is 0. The minimum atomic E-state index is 0.341. The van der Waals surface area contributed by atoms with Gasteiger partial charge in [0.25, 0.3) is 0 Å². The van der Waals surface area contributed by atoms with E-state index in [1.54, 1.807) is 11.3 Å². The standard InChI is InChI=1S/C10H18N2S/c1-10(2,3)4-8(5-11)9-6-12-7-13-9/h6-8H,4-5,11H2,1-3H3. The number of aromatic nitrogens is 1. The first-order chi connectivity index (χ1) is 6.03. The molecular formula is C10H18N2S. The molecule has 0 fully saturated rings. The van der Waals surface area contributed by atoms with Gasteiger partial charge >= 0.3 is 0 Å². The highest BCUT2D eigenvalue weighted by atomic mass is 32.1. The van der Waals surface area contributed by atoms with E-state index in [0.717, 1.165) is 13.0 Å². The Morgan fingerprint density at radius 2 is 2.23 bits per heavy atom. The highest BCUT2D eigenvalue weighted by molar-refractivity contribution is 7.09. The van der Waals surface area contributed by atoms with E-state index in [1.165, 1.54) is 4.88 Å². The van der Waals surface area contributed by atoms with Crippen molar-refractivity contribution in [3.8, 4) is 0 Å². The molecule has 1 heterocycles. The summed E-state index contributed by atoms with van der Waals surface area (Å²) in [4.78, 5) is 5.40. The minimum Gasteiger partial charge on any atom is -0.330 e. The van der Waals surface area contributed by atoms with E-state index in [-0.39, 0.29) is 0 Å². The van der Waals surface area contributed by atoms with Gasteiger partial charge in [0.1, 0.15) is 0 Å². The number of nitrogens with zero attached hydrogens (tertiary/aromatic N) is 1. The number of thiazole rings is 1. The first-order valence-corrected chi connectivity index (χ1v) is 5.49. The largest absolute Gasteiger partial charge is 0.330 e. The second kappa shape index (κ2) is 4.20. The van der Waals surface area contributed by atoms with Crippen LogP contribution in [0.4, 0.5) is 0 Å². The fourth-order valence-electron chi connectivity index (χ4n) is 1.47. The summed E-state index contributed by atoms with van der Waals surface area (Å²) in [5.41, 5.74) is 7.97. The molecule has 0 radical (unpaired) electrons. The van der Waals surface area contributed by atoms with Crippen LogP contribution in [-0.4, -0.2) is 11.5 Å². The van der Waals surface area contributed by atoms with Gasteiger partial charge in [-0.2, -0.15) is 0 Å². The summed E-state index contributed by atoms with van der Waals surface area (Å²) >= 11 is 1.71. The van der Waals surface area contributed by atoms with E-state index in [2.05, 4.69) is 25.8 Å². The van der Waals surface area contributed by atoms with Crippen molar-refractivity contribution in [2.75, 3.05) is 6.54 Å². The zero-order chi connectivity index (χ0) is 9.90. The third kappa shape index (κ3) is 3.44. The summed E-state index contributed by atoms with van der Waals surface area (Å²) in [6, 6.07) is 0. The van der Waals surface area contributed by atoms with Crippen LogP contribution in [0.25, 0.3) is 0 Å². The zero-order valence-corrected chi connectivity index (χ0v) is 9.40. The van der Waals surface area contributed by atoms with E-state index in [1.807, 2.05) is 11.7 Å². The Hall–Kier alpha value is -0.410. The smallest absolute Gasteiger partial charge is 0.0794 e. The predicted molar refractivity (Wildman–Crippen MR) is 58.0 cm³/mol. The molecule has 0 saturated carbocycles. The number of rotatable bonds is 3. The van der Waals surface area contributed by atoms with Crippen molar-refractivity contribution in [3.05, 3.63) is 16.6 Å². The normalized spacial score (nSPS) is 14.5. The first kappa shape index (κ1) is 10.7. The molecule has 1 aromatic heterocycles. The van der Waals surface area contributed by atoms with Crippen LogP contribution in [0.5, 0.6) is 0 Å². The fourth-order valence-corrected chi connectivity index (χ4v) is 2.20. The molecule has 0 aromatic carbocycles. The molecule has 0 saturated heterocycles. The van der Waals surface area contributed by atoms with E-state index >= 15 is 0 Å². The van der Waals surface area contributed by atoms with Crippen molar-refractivity contribution in [3.63, 3.8) is 0 Å². The van der Waals surface area contributed by atoms with Crippen molar-refractivity contribution < 1.29 is 0 Å². The van der Waals surface area contributed by atoms with Gasteiger partial charge in [-0.1, -0.05) is 20.8 Å². The Bertz CT molecular complexity index is 236. The summed E-state index contributed by atoms with van der Waals surface area (Å²) in [5.74, 6) is 0.479. The maximum absolute atomic E-state index is 5.75. The van der Waals surface area contributed by atoms with Crippen LogP contribution in [-0.2, 0) is 0 Å². The van der Waals surface area contributed by atoms with Crippen LogP contribution in [0, 0.1) is 5.41 Å². The van der Waals surface area contributed by atoms with Gasteiger partial charge in [0.05, 0.1) is 5.51 Å². The van der Waals surface area contributed by atoms with Gasteiger partial charge in [-0.25, -0.2) is 0 Å². The van der Waals surface area contributed by atoms with Gasteiger partial charge in [0.2, 0.25) is 0 Å². The third-order valence-electron chi connectivity index (χ3n) is 2.00. The molecule has 0 amide bonds. The van der Waals surface area contributed by atoms with Gasteiger partial charge in [0, 0.05) is 23.5 Å². The summed E-state index contributed by atoms with van der Waals surface area (Å²) in [5, 5.41) is 0. The molecule has 1 unspecified atom stereocenters. The Morgan fingerprint density at radius 1 is 1.54 bits per heavy atom. The molecule has 0 spiro atoms. The minimum absolute atomic E-state index is 0.341. The molecule has 1 rings (SSSR count). The fraction of sp³-hybridized carbons (Fsp3) is 0.700. The van der Waals surface area contributed by atoms with Crippen molar-refractivity contribution in [1.82, 2.24) is 4.98 Å². The quantitative estimate of drug-likeness (QED) is 0.811. The lowest BCUT2D eigenvalue weighted by Gasteiger charge is -2.23. The van der Waals surface area contributed by atoms with Crippen LogP contribution in [0.2, 0.25) is 0 Å². The van der Waals surface area contributed by atoms with Crippen molar-refractivity contribution in [1.29, 1.82) is 0 Å². The van der Waals surface area contributed by atoms with Crippen LogP contribution >= 0.6 is 11.3 Å². The summed E-state index contributed by atoms with van der Waals surface area (Å²) in [6.45, 7) is 7.46. The molecule has 0 aliphatic rings. The average Bonchev–Trinajstić information content (AvgIpc) is 2.50. The van der Waals surface area contributed by atoms with Crippen LogP contribution in [0.15, 0.2) is 11.7 Å². The van der Waals surface area contributed by atoms with Crippen molar-refractivity contribution in [2.45, 2.75) is 33.1 Å². The molecule has 0 aliphatic carbocycles. The molecule has 2 N–H and O–H groups in total. The predicted octanol–water partition coefficient (Wildman–Crippen LogP) is 2.62. The van der Waals surface area contributed by atoms with Gasteiger partial charge in [-0.3, -0.25) is 4.98 Å². The number of hydrogen-bond acceptors (Lipinski definition) is 3. The maximum Gasteiger partial charge on any atom is 0.0794 e. The average molecular weight is 198 g/mol. The van der Waals surface area contributed by atoms with Gasteiger partial charge in [0.15, 0.2) is 0 Å². The van der Waals surface area contributed by atoms with Gasteiger partial charge < -0.3 is 5.73 Å². The lowest BCUT2D eigenvalue weighted by molar-refractivity contribution is 0.343. The SMILES string of the molecule is CC(C)(C)CC(CN)c1cncs1. The van der Waals surface area contributed by atoms with E-state index < -0.39 is 0 Å². The number of hydrogen-bond donors (Lipinski definition) is 1. The van der Waals surface area contributed by atoms with E-state index in [0.29, 0.717) is 11.3 Å². The molecule has 74 valence electrons. The van der Waals surface area contributed by atoms with Crippen LogP contribution < -0.4 is 5.73 Å². The summed E-state index contributed by atoms with van der Waals surface area (Å²) in [6.07, 6.45) is 3.07. The highest BCUT2D eigenvalue weighted by Gasteiger charge is 2.19. The number of nitrogens with two attached hydrogens (primary N) is 1. The van der Waals surface area contributed by atoms with Crippen LogP contribution in [0.1, 0.15) is 38.0 Å². The monoisotopic (exact) mass is 198 g/mol. The van der Waals surface area contributed by atoms with Crippen molar-refractivity contribution >= 4 is 11.3 Å². The molecule has 2 nitrogen and oxygen atoms in total. The lowest BCUT2D eigenvalue weighted by Crippen LogP contribution is -2.18. The Kier molecular flexibility index (Phi) is 3.45. The van der Waals surface area contributed by atoms with Crippen molar-refractivity contribution in [2.24, 2.45) is 11.1 Å².